The lowest BCUT2D eigenvalue weighted by Gasteiger charge is -2.37. The summed E-state index contributed by atoms with van der Waals surface area (Å²) < 4.78 is 0. The van der Waals surface area contributed by atoms with E-state index in [1.54, 1.807) is 0 Å². The van der Waals surface area contributed by atoms with Crippen LogP contribution in [-0.4, -0.2) is 0 Å². The SMILES string of the molecule is CCC1CCC[C@@]2(c3ccccc3-c3cc(N(c4ccc(-c5ccc(-c6ccccc6)cc5)cc4)c4ccc(-c5ccc(-c6ccccc6)cc5)cc4)ccc32)[C@@H](C)C1. The lowest BCUT2D eigenvalue weighted by atomic mass is 9.66. The minimum absolute atomic E-state index is 0.0641. The maximum absolute atomic E-state index is 2.54. The Morgan fingerprint density at radius 2 is 0.847 bits per heavy atom. The van der Waals surface area contributed by atoms with Crippen LogP contribution in [0.1, 0.15) is 57.1 Å². The van der Waals surface area contributed by atoms with Gasteiger partial charge in [-0.15, -0.1) is 0 Å². The molecule has 3 atom stereocenters. The first kappa shape index (κ1) is 36.9. The standard InChI is InChI=1S/C58H51N/c1-3-42-13-12-38-58(41(2)39-42)56-19-11-10-18-54(56)55-40-53(36-37-57(55)58)59(51-32-28-49(29-33-51)47-24-20-45(21-25-47)43-14-6-4-7-15-43)52-34-30-50(31-35-52)48-26-22-46(23-27-48)44-16-8-5-9-17-44/h4-11,14-37,40-42H,3,12-13,38-39H2,1-2H3/t41-,42?,58-/m0/s1. The fraction of sp³-hybridized carbons (Fsp3) is 0.172. The summed E-state index contributed by atoms with van der Waals surface area (Å²) in [6.45, 7) is 4.92. The Morgan fingerprint density at radius 3 is 1.34 bits per heavy atom. The van der Waals surface area contributed by atoms with Gasteiger partial charge in [0.2, 0.25) is 0 Å². The maximum atomic E-state index is 2.54. The molecule has 1 nitrogen and oxygen atoms in total. The molecule has 2 aliphatic carbocycles. The molecule has 0 radical (unpaired) electrons. The molecule has 2 aliphatic rings. The molecule has 8 aromatic carbocycles. The average Bonchev–Trinajstić information content (AvgIpc) is 3.47. The first-order valence-corrected chi connectivity index (χ1v) is 21.7. The fourth-order valence-corrected chi connectivity index (χ4v) is 10.5. The predicted octanol–water partition coefficient (Wildman–Crippen LogP) is 16.3. The van der Waals surface area contributed by atoms with Crippen LogP contribution >= 0.6 is 0 Å². The Balaban J connectivity index is 1.03. The molecule has 10 rings (SSSR count). The smallest absolute Gasteiger partial charge is 0.0468 e. The highest BCUT2D eigenvalue weighted by Crippen LogP contribution is 2.59. The van der Waals surface area contributed by atoms with E-state index in [9.17, 15) is 0 Å². The van der Waals surface area contributed by atoms with E-state index in [4.69, 9.17) is 0 Å². The molecule has 1 saturated carbocycles. The number of anilines is 3. The van der Waals surface area contributed by atoms with Crippen molar-refractivity contribution in [2.45, 2.75) is 51.4 Å². The minimum Gasteiger partial charge on any atom is -0.310 e. The Bertz CT molecular complexity index is 2550. The van der Waals surface area contributed by atoms with Crippen LogP contribution in [0.4, 0.5) is 17.1 Å². The van der Waals surface area contributed by atoms with Gasteiger partial charge in [0.1, 0.15) is 0 Å². The third kappa shape index (κ3) is 6.79. The zero-order chi connectivity index (χ0) is 39.8. The molecule has 0 saturated heterocycles. The highest BCUT2D eigenvalue weighted by molar-refractivity contribution is 5.88. The van der Waals surface area contributed by atoms with Crippen molar-refractivity contribution < 1.29 is 0 Å². The Labute approximate surface area is 350 Å². The lowest BCUT2D eigenvalue weighted by Crippen LogP contribution is -2.32. The van der Waals surface area contributed by atoms with Crippen molar-refractivity contribution in [2.24, 2.45) is 11.8 Å². The van der Waals surface area contributed by atoms with Crippen molar-refractivity contribution in [3.8, 4) is 55.6 Å². The summed E-state index contributed by atoms with van der Waals surface area (Å²) in [5.74, 6) is 1.40. The summed E-state index contributed by atoms with van der Waals surface area (Å²) in [6.07, 6.45) is 6.41. The van der Waals surface area contributed by atoms with Crippen LogP contribution in [0.15, 0.2) is 200 Å². The number of hydrogen-bond donors (Lipinski definition) is 0. The molecular weight excluding hydrogens is 711 g/mol. The van der Waals surface area contributed by atoms with Crippen molar-refractivity contribution in [1.82, 2.24) is 0 Å². The van der Waals surface area contributed by atoms with Crippen LogP contribution in [0.3, 0.4) is 0 Å². The second-order valence-corrected chi connectivity index (χ2v) is 16.9. The van der Waals surface area contributed by atoms with Gasteiger partial charge in [0, 0.05) is 22.5 Å². The van der Waals surface area contributed by atoms with Gasteiger partial charge in [-0.1, -0.05) is 197 Å². The molecule has 0 aromatic heterocycles. The summed E-state index contributed by atoms with van der Waals surface area (Å²) in [6, 6.07) is 74.0. The van der Waals surface area contributed by atoms with Crippen LogP contribution in [0.5, 0.6) is 0 Å². The highest BCUT2D eigenvalue weighted by atomic mass is 15.1. The Kier molecular flexibility index (Phi) is 9.83. The normalized spacial score (nSPS) is 18.2. The van der Waals surface area contributed by atoms with Gasteiger partial charge >= 0.3 is 0 Å². The summed E-state index contributed by atoms with van der Waals surface area (Å²) in [5.41, 5.74) is 19.2. The minimum atomic E-state index is 0.0641. The second kappa shape index (κ2) is 15.7. The van der Waals surface area contributed by atoms with Crippen LogP contribution in [0.25, 0.3) is 55.6 Å². The third-order valence-electron chi connectivity index (χ3n) is 13.6. The van der Waals surface area contributed by atoms with Crippen molar-refractivity contribution in [3.63, 3.8) is 0 Å². The van der Waals surface area contributed by atoms with Gasteiger partial charge in [-0.05, 0) is 128 Å². The van der Waals surface area contributed by atoms with Crippen LogP contribution < -0.4 is 4.90 Å². The first-order valence-electron chi connectivity index (χ1n) is 21.7. The van der Waals surface area contributed by atoms with Crippen molar-refractivity contribution >= 4 is 17.1 Å². The molecular formula is C58H51N. The van der Waals surface area contributed by atoms with E-state index >= 15 is 0 Å². The van der Waals surface area contributed by atoms with E-state index in [1.807, 2.05) is 0 Å². The van der Waals surface area contributed by atoms with Crippen LogP contribution in [0, 0.1) is 11.8 Å². The van der Waals surface area contributed by atoms with Gasteiger partial charge in [-0.2, -0.15) is 0 Å². The van der Waals surface area contributed by atoms with E-state index in [0.29, 0.717) is 5.92 Å². The molecule has 0 amide bonds. The Hall–Kier alpha value is -6.44. The summed E-state index contributed by atoms with van der Waals surface area (Å²) in [4.78, 5) is 2.45. The molecule has 1 spiro atoms. The molecule has 0 aliphatic heterocycles. The number of rotatable bonds is 8. The lowest BCUT2D eigenvalue weighted by molar-refractivity contribution is 0.301. The molecule has 1 heteroatoms. The molecule has 1 fully saturated rings. The molecule has 0 bridgehead atoms. The molecule has 0 N–H and O–H groups in total. The van der Waals surface area contributed by atoms with Gasteiger partial charge in [0.15, 0.2) is 0 Å². The average molecular weight is 762 g/mol. The fourth-order valence-electron chi connectivity index (χ4n) is 10.5. The van der Waals surface area contributed by atoms with Crippen LogP contribution in [0.2, 0.25) is 0 Å². The maximum Gasteiger partial charge on any atom is 0.0468 e. The first-order chi connectivity index (χ1) is 29.1. The van der Waals surface area contributed by atoms with Gasteiger partial charge in [-0.3, -0.25) is 0 Å². The summed E-state index contributed by atoms with van der Waals surface area (Å²) >= 11 is 0. The summed E-state index contributed by atoms with van der Waals surface area (Å²) in [5, 5.41) is 0. The largest absolute Gasteiger partial charge is 0.310 e. The van der Waals surface area contributed by atoms with Crippen LogP contribution in [-0.2, 0) is 5.41 Å². The third-order valence-corrected chi connectivity index (χ3v) is 13.6. The zero-order valence-electron chi connectivity index (χ0n) is 34.2. The Morgan fingerprint density at radius 1 is 0.441 bits per heavy atom. The van der Waals surface area contributed by atoms with Crippen molar-refractivity contribution in [2.75, 3.05) is 4.90 Å². The zero-order valence-corrected chi connectivity index (χ0v) is 34.2. The number of nitrogens with zero attached hydrogens (tertiary/aromatic N) is 1. The highest BCUT2D eigenvalue weighted by Gasteiger charge is 2.48. The molecule has 8 aromatic rings. The quantitative estimate of drug-likeness (QED) is 0.149. The van der Waals surface area contributed by atoms with Crippen molar-refractivity contribution in [1.29, 1.82) is 0 Å². The number of fused-ring (bicyclic) bond motifs is 5. The van der Waals surface area contributed by atoms with E-state index in [1.165, 1.54) is 105 Å². The van der Waals surface area contributed by atoms with Gasteiger partial charge in [-0.25, -0.2) is 0 Å². The molecule has 288 valence electrons. The van der Waals surface area contributed by atoms with E-state index < -0.39 is 0 Å². The van der Waals surface area contributed by atoms with E-state index in [-0.39, 0.29) is 5.41 Å². The number of hydrogen-bond acceptors (Lipinski definition) is 1. The van der Waals surface area contributed by atoms with Crippen molar-refractivity contribution in [3.05, 3.63) is 211 Å². The molecule has 0 heterocycles. The second-order valence-electron chi connectivity index (χ2n) is 16.9. The number of benzene rings is 8. The summed E-state index contributed by atoms with van der Waals surface area (Å²) in [7, 11) is 0. The molecule has 1 unspecified atom stereocenters. The molecule has 59 heavy (non-hydrogen) atoms. The monoisotopic (exact) mass is 761 g/mol. The van der Waals surface area contributed by atoms with E-state index in [0.717, 1.165) is 17.3 Å². The topological polar surface area (TPSA) is 3.24 Å². The van der Waals surface area contributed by atoms with Gasteiger partial charge in [0.05, 0.1) is 0 Å². The van der Waals surface area contributed by atoms with E-state index in [2.05, 4.69) is 219 Å². The van der Waals surface area contributed by atoms with Gasteiger partial charge < -0.3 is 4.90 Å². The predicted molar refractivity (Wildman–Crippen MR) is 250 cm³/mol. The van der Waals surface area contributed by atoms with Gasteiger partial charge in [0.25, 0.3) is 0 Å².